The maximum atomic E-state index is 12.6. The number of nitrogens with one attached hydrogen (secondary N) is 1. The zero-order valence-corrected chi connectivity index (χ0v) is 15.7. The minimum absolute atomic E-state index is 0.00235. The van der Waals surface area contributed by atoms with Gasteiger partial charge in [0.05, 0.1) is 16.8 Å². The molecular formula is C19H21ClN2O2S. The van der Waals surface area contributed by atoms with E-state index in [2.05, 4.69) is 5.32 Å². The molecule has 1 atom stereocenters. The number of piperidine rings is 1. The Kier molecular flexibility index (Phi) is 5.76. The fourth-order valence-electron chi connectivity index (χ4n) is 3.02. The summed E-state index contributed by atoms with van der Waals surface area (Å²) in [6.45, 7) is 3.66. The van der Waals surface area contributed by atoms with Gasteiger partial charge in [0.25, 0.3) is 5.91 Å². The Morgan fingerprint density at radius 2 is 2.00 bits per heavy atom. The van der Waals surface area contributed by atoms with Crippen LogP contribution in [0.4, 0.5) is 0 Å². The van der Waals surface area contributed by atoms with Crippen LogP contribution in [-0.4, -0.2) is 29.8 Å². The Morgan fingerprint density at radius 3 is 2.68 bits per heavy atom. The molecule has 132 valence electrons. The molecule has 1 aromatic carbocycles. The highest BCUT2D eigenvalue weighted by Crippen LogP contribution is 2.22. The van der Waals surface area contributed by atoms with E-state index in [1.165, 1.54) is 11.3 Å². The summed E-state index contributed by atoms with van der Waals surface area (Å²) >= 11 is 7.37. The van der Waals surface area contributed by atoms with Crippen molar-refractivity contribution in [2.45, 2.75) is 26.3 Å². The number of halogens is 1. The van der Waals surface area contributed by atoms with Gasteiger partial charge in [-0.15, -0.1) is 11.3 Å². The molecule has 3 rings (SSSR count). The van der Waals surface area contributed by atoms with Gasteiger partial charge in [-0.25, -0.2) is 0 Å². The van der Waals surface area contributed by atoms with Gasteiger partial charge in [0.2, 0.25) is 5.91 Å². The Balaban J connectivity index is 1.57. The fourth-order valence-corrected chi connectivity index (χ4v) is 4.05. The third-order valence-electron chi connectivity index (χ3n) is 4.44. The molecule has 1 aliphatic heterocycles. The molecule has 0 spiro atoms. The molecule has 1 aliphatic rings. The number of benzene rings is 1. The normalized spacial score (nSPS) is 17.4. The smallest absolute Gasteiger partial charge is 0.253 e. The van der Waals surface area contributed by atoms with Crippen LogP contribution >= 0.6 is 22.9 Å². The number of aryl methyl sites for hydroxylation is 1. The van der Waals surface area contributed by atoms with Crippen LogP contribution in [0.5, 0.6) is 0 Å². The van der Waals surface area contributed by atoms with Crippen molar-refractivity contribution in [2.24, 2.45) is 5.92 Å². The Morgan fingerprint density at radius 1 is 1.24 bits per heavy atom. The maximum Gasteiger partial charge on any atom is 0.253 e. The van der Waals surface area contributed by atoms with Crippen LogP contribution in [0.25, 0.3) is 0 Å². The van der Waals surface area contributed by atoms with E-state index in [0.29, 0.717) is 25.2 Å². The van der Waals surface area contributed by atoms with E-state index in [4.69, 9.17) is 11.6 Å². The first-order valence-electron chi connectivity index (χ1n) is 8.41. The van der Waals surface area contributed by atoms with Gasteiger partial charge in [-0.3, -0.25) is 9.59 Å². The predicted molar refractivity (Wildman–Crippen MR) is 101 cm³/mol. The van der Waals surface area contributed by atoms with Gasteiger partial charge >= 0.3 is 0 Å². The third-order valence-corrected chi connectivity index (χ3v) is 5.67. The summed E-state index contributed by atoms with van der Waals surface area (Å²) in [6, 6.07) is 11.3. The SMILES string of the molecule is Cc1ccc(C(=O)N2CCCC(C(=O)NCc3ccc(Cl)s3)C2)cc1. The molecule has 0 saturated carbocycles. The Hall–Kier alpha value is -1.85. The van der Waals surface area contributed by atoms with Gasteiger partial charge in [-0.1, -0.05) is 29.3 Å². The van der Waals surface area contributed by atoms with Gasteiger partial charge in [0, 0.05) is 23.5 Å². The van der Waals surface area contributed by atoms with E-state index in [0.717, 1.165) is 27.6 Å². The van der Waals surface area contributed by atoms with Gasteiger partial charge in [0.15, 0.2) is 0 Å². The van der Waals surface area contributed by atoms with Gasteiger partial charge < -0.3 is 10.2 Å². The number of carbonyl (C=O) groups excluding carboxylic acids is 2. The first-order valence-corrected chi connectivity index (χ1v) is 9.60. The van der Waals surface area contributed by atoms with Crippen LogP contribution in [0.3, 0.4) is 0 Å². The molecule has 1 saturated heterocycles. The molecule has 2 aromatic rings. The zero-order valence-electron chi connectivity index (χ0n) is 14.1. The highest BCUT2D eigenvalue weighted by Gasteiger charge is 2.28. The summed E-state index contributed by atoms with van der Waals surface area (Å²) < 4.78 is 0.719. The fraction of sp³-hybridized carbons (Fsp3) is 0.368. The lowest BCUT2D eigenvalue weighted by molar-refractivity contribution is -0.126. The summed E-state index contributed by atoms with van der Waals surface area (Å²) in [6.07, 6.45) is 1.66. The first-order chi connectivity index (χ1) is 12.0. The van der Waals surface area contributed by atoms with Crippen LogP contribution in [-0.2, 0) is 11.3 Å². The lowest BCUT2D eigenvalue weighted by Gasteiger charge is -2.32. The minimum Gasteiger partial charge on any atom is -0.351 e. The second-order valence-electron chi connectivity index (χ2n) is 6.38. The lowest BCUT2D eigenvalue weighted by atomic mass is 9.96. The molecule has 1 aromatic heterocycles. The van der Waals surface area contributed by atoms with Crippen LogP contribution in [0, 0.1) is 12.8 Å². The van der Waals surface area contributed by atoms with Crippen LogP contribution in [0.2, 0.25) is 4.34 Å². The minimum atomic E-state index is -0.154. The summed E-state index contributed by atoms with van der Waals surface area (Å²) in [5.74, 6) is -0.146. The molecular weight excluding hydrogens is 356 g/mol. The zero-order chi connectivity index (χ0) is 17.8. The number of nitrogens with zero attached hydrogens (tertiary/aromatic N) is 1. The van der Waals surface area contributed by atoms with Gasteiger partial charge in [-0.2, -0.15) is 0 Å². The lowest BCUT2D eigenvalue weighted by Crippen LogP contribution is -2.45. The third kappa shape index (κ3) is 4.61. The highest BCUT2D eigenvalue weighted by atomic mass is 35.5. The molecule has 4 nitrogen and oxygen atoms in total. The Labute approximate surface area is 156 Å². The topological polar surface area (TPSA) is 49.4 Å². The number of hydrogen-bond acceptors (Lipinski definition) is 3. The number of rotatable bonds is 4. The quantitative estimate of drug-likeness (QED) is 0.880. The van der Waals surface area contributed by atoms with Crippen LogP contribution in [0.15, 0.2) is 36.4 Å². The molecule has 2 heterocycles. The summed E-state index contributed by atoms with van der Waals surface area (Å²) in [5.41, 5.74) is 1.81. The van der Waals surface area contributed by atoms with E-state index in [9.17, 15) is 9.59 Å². The molecule has 1 N–H and O–H groups in total. The predicted octanol–water partition coefficient (Wildman–Crippen LogP) is 3.88. The van der Waals surface area contributed by atoms with Crippen molar-refractivity contribution in [2.75, 3.05) is 13.1 Å². The Bertz CT molecular complexity index is 757. The number of thiophene rings is 1. The summed E-state index contributed by atoms with van der Waals surface area (Å²) in [4.78, 5) is 27.9. The van der Waals surface area contributed by atoms with Gasteiger partial charge in [-0.05, 0) is 44.0 Å². The summed E-state index contributed by atoms with van der Waals surface area (Å²) in [7, 11) is 0. The van der Waals surface area contributed by atoms with E-state index in [-0.39, 0.29) is 17.7 Å². The molecule has 0 radical (unpaired) electrons. The molecule has 1 unspecified atom stereocenters. The molecule has 2 amide bonds. The van der Waals surface area contributed by atoms with Crippen LogP contribution in [0.1, 0.15) is 33.6 Å². The summed E-state index contributed by atoms with van der Waals surface area (Å²) in [5, 5.41) is 2.96. The van der Waals surface area contributed by atoms with Crippen molar-refractivity contribution in [3.63, 3.8) is 0 Å². The molecule has 0 aliphatic carbocycles. The van der Waals surface area contributed by atoms with Gasteiger partial charge in [0.1, 0.15) is 0 Å². The molecule has 6 heteroatoms. The van der Waals surface area contributed by atoms with E-state index in [1.807, 2.05) is 43.3 Å². The van der Waals surface area contributed by atoms with E-state index in [1.54, 1.807) is 4.90 Å². The van der Waals surface area contributed by atoms with Crippen molar-refractivity contribution in [3.8, 4) is 0 Å². The molecule has 0 bridgehead atoms. The monoisotopic (exact) mass is 376 g/mol. The number of carbonyl (C=O) groups is 2. The van der Waals surface area contributed by atoms with Crippen molar-refractivity contribution < 1.29 is 9.59 Å². The highest BCUT2D eigenvalue weighted by molar-refractivity contribution is 7.16. The standard InChI is InChI=1S/C19H21ClN2O2S/c1-13-4-6-14(7-5-13)19(24)22-10-2-3-15(12-22)18(23)21-11-16-8-9-17(20)25-16/h4-9,15H,2-3,10-12H2,1H3,(H,21,23). The number of hydrogen-bond donors (Lipinski definition) is 1. The average molecular weight is 377 g/mol. The van der Waals surface area contributed by atoms with Crippen molar-refractivity contribution in [1.82, 2.24) is 10.2 Å². The maximum absolute atomic E-state index is 12.6. The molecule has 25 heavy (non-hydrogen) atoms. The second-order valence-corrected chi connectivity index (χ2v) is 8.18. The molecule has 1 fully saturated rings. The van der Waals surface area contributed by atoms with E-state index >= 15 is 0 Å². The van der Waals surface area contributed by atoms with Crippen LogP contribution < -0.4 is 5.32 Å². The largest absolute Gasteiger partial charge is 0.351 e. The van der Waals surface area contributed by atoms with Crippen molar-refractivity contribution >= 4 is 34.8 Å². The first kappa shape index (κ1) is 18.0. The number of amides is 2. The second kappa shape index (κ2) is 8.02. The van der Waals surface area contributed by atoms with Crippen molar-refractivity contribution in [1.29, 1.82) is 0 Å². The van der Waals surface area contributed by atoms with Crippen molar-refractivity contribution in [3.05, 3.63) is 56.7 Å². The average Bonchev–Trinajstić information content (AvgIpc) is 3.05. The van der Waals surface area contributed by atoms with E-state index < -0.39 is 0 Å². The number of likely N-dealkylation sites (tertiary alicyclic amines) is 1.